The van der Waals surface area contributed by atoms with Crippen LogP contribution in [0.15, 0.2) is 0 Å². The summed E-state index contributed by atoms with van der Waals surface area (Å²) in [6.07, 6.45) is 8.45. The first-order valence-electron chi connectivity index (χ1n) is 11.2. The summed E-state index contributed by atoms with van der Waals surface area (Å²) in [6.45, 7) is 20.3. The minimum atomic E-state index is 0.739. The molecule has 3 aliphatic heterocycles. The van der Waals surface area contributed by atoms with Gasteiger partial charge >= 0.3 is 0 Å². The van der Waals surface area contributed by atoms with Crippen molar-refractivity contribution in [1.29, 1.82) is 0 Å². The van der Waals surface area contributed by atoms with Gasteiger partial charge in [-0.2, -0.15) is 0 Å². The van der Waals surface area contributed by atoms with Gasteiger partial charge in [0, 0.05) is 37.3 Å². The minimum Gasteiger partial charge on any atom is -0.301 e. The Morgan fingerprint density at radius 3 is 2.00 bits per heavy atom. The molecule has 0 N–H and O–H groups in total. The zero-order valence-electron chi connectivity index (χ0n) is 18.0. The van der Waals surface area contributed by atoms with Crippen LogP contribution in [0.2, 0.25) is 0 Å². The lowest BCUT2D eigenvalue weighted by molar-refractivity contribution is 0.0990. The van der Waals surface area contributed by atoms with E-state index in [-0.39, 0.29) is 0 Å². The van der Waals surface area contributed by atoms with Gasteiger partial charge in [0.25, 0.3) is 0 Å². The molecule has 3 rings (SSSR count). The Bertz CT molecular complexity index is 360. The predicted molar refractivity (Wildman–Crippen MR) is 110 cm³/mol. The average Bonchev–Trinajstić information content (AvgIpc) is 3.16. The minimum absolute atomic E-state index is 0.739. The smallest absolute Gasteiger partial charge is 0.0242 e. The molecular formula is C22H45N3. The number of likely N-dealkylation sites (tertiary alicyclic amines) is 3. The first kappa shape index (κ1) is 21.2. The molecule has 3 heteroatoms. The summed E-state index contributed by atoms with van der Waals surface area (Å²) in [5.41, 5.74) is 0. The van der Waals surface area contributed by atoms with Crippen molar-refractivity contribution >= 4 is 0 Å². The Labute approximate surface area is 158 Å². The highest BCUT2D eigenvalue weighted by molar-refractivity contribution is 5.00. The molecule has 2 atom stereocenters. The lowest BCUT2D eigenvalue weighted by Crippen LogP contribution is -2.49. The van der Waals surface area contributed by atoms with Crippen molar-refractivity contribution in [3.05, 3.63) is 0 Å². The Kier molecular flexibility index (Phi) is 8.71. The van der Waals surface area contributed by atoms with E-state index < -0.39 is 0 Å². The van der Waals surface area contributed by atoms with Crippen LogP contribution in [0, 0.1) is 5.92 Å². The van der Waals surface area contributed by atoms with Gasteiger partial charge in [-0.3, -0.25) is 9.80 Å². The monoisotopic (exact) mass is 351 g/mol. The zero-order valence-corrected chi connectivity index (χ0v) is 18.0. The van der Waals surface area contributed by atoms with E-state index in [4.69, 9.17) is 0 Å². The van der Waals surface area contributed by atoms with Crippen LogP contribution in [-0.4, -0.2) is 71.6 Å². The summed E-state index contributed by atoms with van der Waals surface area (Å²) in [7, 11) is 0. The quantitative estimate of drug-likeness (QED) is 0.699. The number of nitrogens with zero attached hydrogens (tertiary/aromatic N) is 3. The molecular weight excluding hydrogens is 306 g/mol. The summed E-state index contributed by atoms with van der Waals surface area (Å²) >= 11 is 0. The third kappa shape index (κ3) is 5.94. The fourth-order valence-electron chi connectivity index (χ4n) is 5.03. The number of hydrogen-bond acceptors (Lipinski definition) is 3. The highest BCUT2D eigenvalue weighted by Gasteiger charge is 2.43. The van der Waals surface area contributed by atoms with Gasteiger partial charge in [-0.25, -0.2) is 0 Å². The van der Waals surface area contributed by atoms with Crippen LogP contribution in [0.4, 0.5) is 0 Å². The topological polar surface area (TPSA) is 9.72 Å². The van der Waals surface area contributed by atoms with Gasteiger partial charge in [-0.1, -0.05) is 20.3 Å². The van der Waals surface area contributed by atoms with Crippen LogP contribution in [0.3, 0.4) is 0 Å². The Morgan fingerprint density at radius 1 is 0.880 bits per heavy atom. The third-order valence-corrected chi connectivity index (χ3v) is 6.50. The molecule has 3 heterocycles. The maximum atomic E-state index is 2.80. The van der Waals surface area contributed by atoms with Gasteiger partial charge in [-0.05, 0) is 85.4 Å². The molecule has 0 aliphatic carbocycles. The molecule has 0 aromatic heterocycles. The molecule has 0 aromatic rings. The summed E-state index contributed by atoms with van der Waals surface area (Å²) in [5, 5.41) is 0. The molecule has 0 radical (unpaired) electrons. The van der Waals surface area contributed by atoms with E-state index in [1.54, 1.807) is 0 Å². The molecule has 0 saturated carbocycles. The van der Waals surface area contributed by atoms with E-state index in [1.807, 2.05) is 0 Å². The summed E-state index contributed by atoms with van der Waals surface area (Å²) < 4.78 is 0. The SMILES string of the molecule is CC(C)N1CCC(CCCN2CC3CC2CN3C(C)C)CC1.CCC. The summed E-state index contributed by atoms with van der Waals surface area (Å²) in [6, 6.07) is 3.21. The third-order valence-electron chi connectivity index (χ3n) is 6.50. The summed E-state index contributed by atoms with van der Waals surface area (Å²) in [4.78, 5) is 8.17. The van der Waals surface area contributed by atoms with E-state index in [0.29, 0.717) is 0 Å². The number of hydrogen-bond donors (Lipinski definition) is 0. The second kappa shape index (κ2) is 10.3. The van der Waals surface area contributed by atoms with E-state index in [1.165, 1.54) is 71.2 Å². The average molecular weight is 352 g/mol. The maximum absolute atomic E-state index is 2.80. The first-order valence-corrected chi connectivity index (χ1v) is 11.2. The molecule has 3 nitrogen and oxygen atoms in total. The predicted octanol–water partition coefficient (Wildman–Crippen LogP) is 4.47. The van der Waals surface area contributed by atoms with Crippen LogP contribution in [0.25, 0.3) is 0 Å². The van der Waals surface area contributed by atoms with Crippen LogP contribution >= 0.6 is 0 Å². The molecule has 0 spiro atoms. The van der Waals surface area contributed by atoms with Crippen molar-refractivity contribution in [2.75, 3.05) is 32.7 Å². The molecule has 3 saturated heterocycles. The largest absolute Gasteiger partial charge is 0.301 e. The van der Waals surface area contributed by atoms with E-state index in [9.17, 15) is 0 Å². The fourth-order valence-corrected chi connectivity index (χ4v) is 5.03. The van der Waals surface area contributed by atoms with Crippen LogP contribution in [0.5, 0.6) is 0 Å². The highest BCUT2D eigenvalue weighted by atomic mass is 15.4. The number of fused-ring (bicyclic) bond motifs is 2. The second-order valence-corrected chi connectivity index (χ2v) is 9.25. The molecule has 2 bridgehead atoms. The number of piperazine rings is 1. The van der Waals surface area contributed by atoms with Gasteiger partial charge in [0.2, 0.25) is 0 Å². The lowest BCUT2D eigenvalue weighted by Gasteiger charge is -2.37. The maximum Gasteiger partial charge on any atom is 0.0242 e. The van der Waals surface area contributed by atoms with Gasteiger partial charge in [0.1, 0.15) is 0 Å². The van der Waals surface area contributed by atoms with Gasteiger partial charge in [0.15, 0.2) is 0 Å². The van der Waals surface area contributed by atoms with Crippen LogP contribution < -0.4 is 0 Å². The van der Waals surface area contributed by atoms with Crippen molar-refractivity contribution in [3.8, 4) is 0 Å². The lowest BCUT2D eigenvalue weighted by atomic mass is 9.91. The number of rotatable bonds is 6. The standard InChI is InChI=1S/C19H37N3.C3H8/c1-15(2)20-10-7-17(8-11-20)6-5-9-21-13-19-12-18(21)14-22(19)16(3)4;1-3-2/h15-19H,5-14H2,1-4H3;3H2,1-2H3. The molecule has 3 aliphatic rings. The van der Waals surface area contributed by atoms with Crippen LogP contribution in [-0.2, 0) is 0 Å². The molecule has 25 heavy (non-hydrogen) atoms. The fraction of sp³-hybridized carbons (Fsp3) is 1.00. The van der Waals surface area contributed by atoms with Crippen LogP contribution in [0.1, 0.15) is 80.1 Å². The van der Waals surface area contributed by atoms with E-state index in [0.717, 1.165) is 30.1 Å². The molecule has 0 aromatic carbocycles. The van der Waals surface area contributed by atoms with Gasteiger partial charge in [-0.15, -0.1) is 0 Å². The van der Waals surface area contributed by atoms with Gasteiger partial charge in [0.05, 0.1) is 0 Å². The van der Waals surface area contributed by atoms with Gasteiger partial charge < -0.3 is 4.90 Å². The Morgan fingerprint density at radius 2 is 1.52 bits per heavy atom. The molecule has 3 fully saturated rings. The van der Waals surface area contributed by atoms with Crippen molar-refractivity contribution in [2.45, 2.75) is 104 Å². The second-order valence-electron chi connectivity index (χ2n) is 9.25. The Hall–Kier alpha value is -0.120. The van der Waals surface area contributed by atoms with Crippen molar-refractivity contribution < 1.29 is 0 Å². The molecule has 0 amide bonds. The molecule has 2 unspecified atom stereocenters. The van der Waals surface area contributed by atoms with E-state index in [2.05, 4.69) is 56.2 Å². The normalized spacial score (nSPS) is 28.8. The number of piperidine rings is 1. The highest BCUT2D eigenvalue weighted by Crippen LogP contribution is 2.32. The summed E-state index contributed by atoms with van der Waals surface area (Å²) in [5.74, 6) is 1.00. The van der Waals surface area contributed by atoms with Crippen molar-refractivity contribution in [3.63, 3.8) is 0 Å². The Balaban J connectivity index is 0.000000701. The molecule has 148 valence electrons. The van der Waals surface area contributed by atoms with Crippen molar-refractivity contribution in [1.82, 2.24) is 14.7 Å². The zero-order chi connectivity index (χ0) is 18.4. The first-order chi connectivity index (χ1) is 12.0. The van der Waals surface area contributed by atoms with E-state index >= 15 is 0 Å². The van der Waals surface area contributed by atoms with Crippen molar-refractivity contribution in [2.24, 2.45) is 5.92 Å².